The monoisotopic (exact) mass is 217 g/mol. The molecule has 1 heterocycles. The number of rotatable bonds is 2. The molecule has 0 spiro atoms. The van der Waals surface area contributed by atoms with E-state index in [0.29, 0.717) is 0 Å². The Morgan fingerprint density at radius 1 is 1.13 bits per heavy atom. The molecule has 0 amide bonds. The highest BCUT2D eigenvalue weighted by molar-refractivity contribution is 7.27. The van der Waals surface area contributed by atoms with Crippen LogP contribution in [0.1, 0.15) is 0 Å². The molecule has 2 aromatic rings. The molecule has 76 valence electrons. The van der Waals surface area contributed by atoms with Crippen LogP contribution in [0.15, 0.2) is 42.6 Å². The van der Waals surface area contributed by atoms with Gasteiger partial charge in [0.2, 0.25) is 0 Å². The molecule has 0 aliphatic carbocycles. The van der Waals surface area contributed by atoms with E-state index >= 15 is 0 Å². The highest BCUT2D eigenvalue weighted by Crippen LogP contribution is 2.19. The quantitative estimate of drug-likeness (QED) is 0.720. The number of hydrogen-bond donors (Lipinski definition) is 0. The molecular formula is C12H12NOP. The fraction of sp³-hybridized carbons (Fsp3) is 0.0833. The summed E-state index contributed by atoms with van der Waals surface area (Å²) in [5.74, 6) is 0.862. The van der Waals surface area contributed by atoms with Crippen LogP contribution in [-0.4, -0.2) is 12.1 Å². The largest absolute Gasteiger partial charge is 0.497 e. The lowest BCUT2D eigenvalue weighted by molar-refractivity contribution is 0.415. The topological polar surface area (TPSA) is 22.1 Å². The van der Waals surface area contributed by atoms with Crippen molar-refractivity contribution < 1.29 is 4.74 Å². The second-order valence-electron chi connectivity index (χ2n) is 3.20. The van der Waals surface area contributed by atoms with Gasteiger partial charge in [0.1, 0.15) is 5.75 Å². The van der Waals surface area contributed by atoms with Crippen LogP contribution in [0.3, 0.4) is 0 Å². The van der Waals surface area contributed by atoms with Crippen molar-refractivity contribution in [2.75, 3.05) is 7.11 Å². The Balaban J connectivity index is 2.37. The predicted octanol–water partition coefficient (Wildman–Crippen LogP) is 2.26. The van der Waals surface area contributed by atoms with Crippen molar-refractivity contribution in [2.45, 2.75) is 0 Å². The summed E-state index contributed by atoms with van der Waals surface area (Å²) in [5.41, 5.74) is 2.07. The molecule has 0 aliphatic rings. The van der Waals surface area contributed by atoms with Crippen LogP contribution >= 0.6 is 9.24 Å². The van der Waals surface area contributed by atoms with Gasteiger partial charge in [0.15, 0.2) is 0 Å². The maximum atomic E-state index is 5.10. The van der Waals surface area contributed by atoms with Gasteiger partial charge < -0.3 is 4.74 Å². The standard InChI is InChI=1S/C12H12NOP/c1-14-10-4-2-9(3-5-10)12-8-11(15)6-7-13-12/h2-8H,15H2,1H3. The third-order valence-corrected chi connectivity index (χ3v) is 2.53. The molecule has 0 bridgehead atoms. The van der Waals surface area contributed by atoms with E-state index in [1.165, 1.54) is 0 Å². The highest BCUT2D eigenvalue weighted by atomic mass is 31.0. The van der Waals surface area contributed by atoms with Crippen LogP contribution in [0.2, 0.25) is 0 Å². The van der Waals surface area contributed by atoms with Crippen molar-refractivity contribution in [3.63, 3.8) is 0 Å². The van der Waals surface area contributed by atoms with Gasteiger partial charge in [-0.25, -0.2) is 0 Å². The lowest BCUT2D eigenvalue weighted by Gasteiger charge is -2.03. The van der Waals surface area contributed by atoms with Gasteiger partial charge >= 0.3 is 0 Å². The molecule has 1 atom stereocenters. The molecule has 2 rings (SSSR count). The molecule has 0 fully saturated rings. The van der Waals surface area contributed by atoms with Crippen LogP contribution in [0.5, 0.6) is 5.75 Å². The molecule has 0 aliphatic heterocycles. The van der Waals surface area contributed by atoms with Crippen LogP contribution < -0.4 is 10.0 Å². The molecule has 0 saturated carbocycles. The third kappa shape index (κ3) is 2.34. The fourth-order valence-corrected chi connectivity index (χ4v) is 1.61. The van der Waals surface area contributed by atoms with Gasteiger partial charge in [0.25, 0.3) is 0 Å². The molecule has 1 unspecified atom stereocenters. The van der Waals surface area contributed by atoms with E-state index in [1.807, 2.05) is 42.6 Å². The number of nitrogens with zero attached hydrogens (tertiary/aromatic N) is 1. The molecule has 0 radical (unpaired) electrons. The van der Waals surface area contributed by atoms with Crippen LogP contribution in [-0.2, 0) is 0 Å². The first-order valence-electron chi connectivity index (χ1n) is 4.65. The fourth-order valence-electron chi connectivity index (χ4n) is 1.37. The zero-order valence-electron chi connectivity index (χ0n) is 8.47. The Morgan fingerprint density at radius 3 is 2.47 bits per heavy atom. The highest BCUT2D eigenvalue weighted by Gasteiger charge is 1.99. The molecule has 15 heavy (non-hydrogen) atoms. The van der Waals surface area contributed by atoms with E-state index in [-0.39, 0.29) is 0 Å². The van der Waals surface area contributed by atoms with Crippen LogP contribution in [0.25, 0.3) is 11.3 Å². The second kappa shape index (κ2) is 4.41. The van der Waals surface area contributed by atoms with Crippen molar-refractivity contribution in [1.29, 1.82) is 0 Å². The third-order valence-electron chi connectivity index (χ3n) is 2.17. The zero-order valence-corrected chi connectivity index (χ0v) is 9.63. The lowest BCUT2D eigenvalue weighted by Crippen LogP contribution is -1.93. The molecule has 2 nitrogen and oxygen atoms in total. The van der Waals surface area contributed by atoms with Gasteiger partial charge in [-0.15, -0.1) is 9.24 Å². The SMILES string of the molecule is COc1ccc(-c2cc(P)ccn2)cc1. The molecule has 1 aromatic carbocycles. The Kier molecular flexibility index (Phi) is 2.98. The molecule has 3 heteroatoms. The smallest absolute Gasteiger partial charge is 0.118 e. The second-order valence-corrected chi connectivity index (χ2v) is 3.87. The van der Waals surface area contributed by atoms with Gasteiger partial charge in [0.05, 0.1) is 12.8 Å². The minimum Gasteiger partial charge on any atom is -0.497 e. The van der Waals surface area contributed by atoms with E-state index in [0.717, 1.165) is 22.3 Å². The molecule has 0 saturated heterocycles. The first-order valence-corrected chi connectivity index (χ1v) is 5.23. The lowest BCUT2D eigenvalue weighted by atomic mass is 10.1. The summed E-state index contributed by atoms with van der Waals surface area (Å²) in [4.78, 5) is 4.31. The summed E-state index contributed by atoms with van der Waals surface area (Å²) in [7, 11) is 4.33. The van der Waals surface area contributed by atoms with Gasteiger partial charge in [-0.1, -0.05) is 0 Å². The molecular weight excluding hydrogens is 205 g/mol. The van der Waals surface area contributed by atoms with Crippen molar-refractivity contribution in [3.8, 4) is 17.0 Å². The summed E-state index contributed by atoms with van der Waals surface area (Å²) in [6.07, 6.45) is 1.81. The van der Waals surface area contributed by atoms with Gasteiger partial charge in [-0.2, -0.15) is 0 Å². The van der Waals surface area contributed by atoms with Gasteiger partial charge in [-0.05, 0) is 41.7 Å². The minimum absolute atomic E-state index is 0.862. The van der Waals surface area contributed by atoms with E-state index in [2.05, 4.69) is 14.2 Å². The maximum absolute atomic E-state index is 5.10. The first-order chi connectivity index (χ1) is 7.29. The Labute approximate surface area is 91.5 Å². The number of ether oxygens (including phenoxy) is 1. The van der Waals surface area contributed by atoms with Gasteiger partial charge in [-0.3, -0.25) is 4.98 Å². The predicted molar refractivity (Wildman–Crippen MR) is 65.6 cm³/mol. The first kappa shape index (κ1) is 10.1. The number of benzene rings is 1. The van der Waals surface area contributed by atoms with Gasteiger partial charge in [0, 0.05) is 11.8 Å². The van der Waals surface area contributed by atoms with E-state index in [1.54, 1.807) is 7.11 Å². The maximum Gasteiger partial charge on any atom is 0.118 e. The van der Waals surface area contributed by atoms with Crippen molar-refractivity contribution >= 4 is 14.5 Å². The Bertz CT molecular complexity index is 453. The average molecular weight is 217 g/mol. The average Bonchev–Trinajstić information content (AvgIpc) is 2.29. The Morgan fingerprint density at radius 2 is 1.87 bits per heavy atom. The summed E-state index contributed by atoms with van der Waals surface area (Å²) in [6, 6.07) is 11.9. The van der Waals surface area contributed by atoms with E-state index < -0.39 is 0 Å². The van der Waals surface area contributed by atoms with Crippen LogP contribution in [0, 0.1) is 0 Å². The van der Waals surface area contributed by atoms with Crippen molar-refractivity contribution in [3.05, 3.63) is 42.6 Å². The number of methoxy groups -OCH3 is 1. The minimum atomic E-state index is 0.862. The van der Waals surface area contributed by atoms with E-state index in [9.17, 15) is 0 Å². The van der Waals surface area contributed by atoms with Crippen molar-refractivity contribution in [1.82, 2.24) is 4.98 Å². The zero-order chi connectivity index (χ0) is 10.7. The number of aromatic nitrogens is 1. The summed E-state index contributed by atoms with van der Waals surface area (Å²) >= 11 is 0. The van der Waals surface area contributed by atoms with Crippen LogP contribution in [0.4, 0.5) is 0 Å². The summed E-state index contributed by atoms with van der Waals surface area (Å²) in [5, 5.41) is 1.14. The van der Waals surface area contributed by atoms with E-state index in [4.69, 9.17) is 4.74 Å². The molecule has 1 aromatic heterocycles. The Hall–Kier alpha value is -1.40. The molecule has 0 N–H and O–H groups in total. The van der Waals surface area contributed by atoms with Crippen molar-refractivity contribution in [2.24, 2.45) is 0 Å². The number of pyridine rings is 1. The summed E-state index contributed by atoms with van der Waals surface area (Å²) in [6.45, 7) is 0. The normalized spacial score (nSPS) is 10.0. The number of hydrogen-bond acceptors (Lipinski definition) is 2. The summed E-state index contributed by atoms with van der Waals surface area (Å²) < 4.78 is 5.10.